The maximum atomic E-state index is 14.1. The van der Waals surface area contributed by atoms with E-state index in [1.807, 2.05) is 13.8 Å². The minimum Gasteiger partial charge on any atom is -0.464 e. The molecule has 0 amide bonds. The molecule has 0 aromatic heterocycles. The number of carbonyl (C=O) groups is 5. The predicted molar refractivity (Wildman–Crippen MR) is 194 cm³/mol. The SMILES string of the molecule is CC(C)(COC(=O)C12CC3CC(C1)C1(OCC(COC(=O)C45CC6CC(C4)C(=O)C(C6)C5)(COC(=O)C45CC6CC(C4)C(=O)C(C6)C5)CO1)C(C3)C2)SOOO. The van der Waals surface area contributed by atoms with Gasteiger partial charge in [0.25, 0.3) is 0 Å². The molecular weight excluding hydrogens is 745 g/mol. The topological polar surface area (TPSA) is 170 Å². The van der Waals surface area contributed by atoms with E-state index in [-0.39, 0.29) is 86.4 Å². The molecule has 13 nitrogen and oxygen atoms in total. The van der Waals surface area contributed by atoms with Crippen LogP contribution in [0.5, 0.6) is 0 Å². The maximum Gasteiger partial charge on any atom is 0.312 e. The fraction of sp³-hybridized carbons (Fsp3) is 0.881. The lowest BCUT2D eigenvalue weighted by atomic mass is 9.47. The van der Waals surface area contributed by atoms with Gasteiger partial charge in [-0.1, -0.05) is 5.04 Å². The zero-order chi connectivity index (χ0) is 38.9. The van der Waals surface area contributed by atoms with Crippen LogP contribution < -0.4 is 0 Å². The molecule has 14 heteroatoms. The van der Waals surface area contributed by atoms with Gasteiger partial charge in [-0.3, -0.25) is 24.0 Å². The average Bonchev–Trinajstić information content (AvgIpc) is 3.17. The number of esters is 3. The number of ether oxygens (including phenoxy) is 5. The molecule has 0 aromatic rings. The van der Waals surface area contributed by atoms with Crippen molar-refractivity contribution in [3.05, 3.63) is 0 Å². The summed E-state index contributed by atoms with van der Waals surface area (Å²) in [5, 5.41) is 12.3. The summed E-state index contributed by atoms with van der Waals surface area (Å²) in [6.07, 6.45) is 10.9. The Hall–Kier alpha value is -2.10. The quantitative estimate of drug-likeness (QED) is 0.0825. The molecule has 56 heavy (non-hydrogen) atoms. The van der Waals surface area contributed by atoms with E-state index in [0.29, 0.717) is 67.8 Å². The van der Waals surface area contributed by atoms with E-state index in [9.17, 15) is 24.0 Å². The molecule has 0 radical (unpaired) electrons. The van der Waals surface area contributed by atoms with Crippen LogP contribution in [-0.2, 0) is 57.0 Å². The van der Waals surface area contributed by atoms with Gasteiger partial charge < -0.3 is 23.7 Å². The summed E-state index contributed by atoms with van der Waals surface area (Å²) < 4.78 is 36.3. The van der Waals surface area contributed by atoms with Crippen LogP contribution in [0.15, 0.2) is 0 Å². The molecule has 13 aliphatic rings. The zero-order valence-electron chi connectivity index (χ0n) is 32.6. The Morgan fingerprint density at radius 3 is 1.50 bits per heavy atom. The van der Waals surface area contributed by atoms with E-state index in [4.69, 9.17) is 28.9 Å². The number of ketones is 2. The van der Waals surface area contributed by atoms with Crippen LogP contribution >= 0.6 is 12.0 Å². The van der Waals surface area contributed by atoms with E-state index in [1.54, 1.807) is 0 Å². The number of hydrogen-bond acceptors (Lipinski definition) is 14. The van der Waals surface area contributed by atoms with Crippen LogP contribution in [0.2, 0.25) is 0 Å². The summed E-state index contributed by atoms with van der Waals surface area (Å²) in [7, 11) is 0. The second kappa shape index (κ2) is 13.2. The number of Topliss-reactive ketones (excluding diaryl/α,β-unsaturated/α-hetero) is 2. The highest BCUT2D eigenvalue weighted by molar-refractivity contribution is 7.95. The van der Waals surface area contributed by atoms with Crippen molar-refractivity contribution in [1.29, 1.82) is 0 Å². The summed E-state index contributed by atoms with van der Waals surface area (Å²) in [6.45, 7) is 4.02. The predicted octanol–water partition coefficient (Wildman–Crippen LogP) is 5.81. The standard InChI is InChI=1S/C42H56O13S/c1-37(2,56-55-54-48)18-49-36(47)41-11-25-7-30(16-41)42(31(8-25)17-41)52-21-38(22-53-42,19-50-34(45)39-9-23-3-26(12-39)32(43)27(4-23)13-39)20-51-35(46)40-10-24-5-28(14-40)33(44)29(6-24)15-40/h23-31,48H,3-22H2,1-2H3. The van der Waals surface area contributed by atoms with Gasteiger partial charge in [-0.2, -0.15) is 0 Å². The van der Waals surface area contributed by atoms with Crippen LogP contribution in [-0.4, -0.2) is 78.3 Å². The molecule has 308 valence electrons. The van der Waals surface area contributed by atoms with Gasteiger partial charge >= 0.3 is 17.9 Å². The van der Waals surface area contributed by atoms with Gasteiger partial charge in [-0.25, -0.2) is 5.26 Å². The van der Waals surface area contributed by atoms with Gasteiger partial charge in [-0.15, -0.1) is 4.33 Å². The van der Waals surface area contributed by atoms with Crippen LogP contribution in [0.25, 0.3) is 0 Å². The molecule has 13 rings (SSSR count). The first-order chi connectivity index (χ1) is 26.7. The first kappa shape index (κ1) is 38.1. The molecule has 1 N–H and O–H groups in total. The first-order valence-electron chi connectivity index (χ1n) is 21.2. The van der Waals surface area contributed by atoms with Crippen molar-refractivity contribution in [1.82, 2.24) is 0 Å². The second-order valence-electron chi connectivity index (χ2n) is 21.2. The van der Waals surface area contributed by atoms with Crippen LogP contribution in [0.4, 0.5) is 0 Å². The minimum atomic E-state index is -0.943. The molecule has 6 atom stereocenters. The van der Waals surface area contributed by atoms with Crippen molar-refractivity contribution in [3.63, 3.8) is 0 Å². The van der Waals surface area contributed by atoms with E-state index >= 15 is 0 Å². The van der Waals surface area contributed by atoms with Crippen molar-refractivity contribution in [2.45, 2.75) is 121 Å². The van der Waals surface area contributed by atoms with Gasteiger partial charge in [0.05, 0.1) is 39.6 Å². The third-order valence-corrected chi connectivity index (χ3v) is 17.4. The zero-order valence-corrected chi connectivity index (χ0v) is 33.4. The monoisotopic (exact) mass is 800 g/mol. The fourth-order valence-corrected chi connectivity index (χ4v) is 15.1. The number of carbonyl (C=O) groups excluding carboxylic acids is 5. The number of hydrogen-bond donors (Lipinski definition) is 1. The van der Waals surface area contributed by atoms with Crippen molar-refractivity contribution in [2.24, 2.45) is 74.9 Å². The molecule has 1 spiro atoms. The molecule has 12 saturated carbocycles. The third kappa shape index (κ3) is 5.98. The average molecular weight is 801 g/mol. The molecule has 12 aliphatic carbocycles. The van der Waals surface area contributed by atoms with Crippen LogP contribution in [0, 0.1) is 74.9 Å². The lowest BCUT2D eigenvalue weighted by molar-refractivity contribution is -0.432. The molecular formula is C42H56O13S. The maximum absolute atomic E-state index is 14.1. The molecule has 1 saturated heterocycles. The highest BCUT2D eigenvalue weighted by Crippen LogP contribution is 2.67. The van der Waals surface area contributed by atoms with Crippen LogP contribution in [0.3, 0.4) is 0 Å². The van der Waals surface area contributed by atoms with Crippen LogP contribution in [0.1, 0.15) is 110 Å². The molecule has 1 aliphatic heterocycles. The van der Waals surface area contributed by atoms with E-state index in [2.05, 4.69) is 9.37 Å². The third-order valence-electron chi connectivity index (χ3n) is 16.7. The Kier molecular flexibility index (Phi) is 8.99. The normalized spacial score (nSPS) is 47.8. The van der Waals surface area contributed by atoms with Gasteiger partial charge in [0.2, 0.25) is 0 Å². The Morgan fingerprint density at radius 2 is 1.05 bits per heavy atom. The Labute approximate surface area is 331 Å². The Bertz CT molecular complexity index is 1560. The largest absolute Gasteiger partial charge is 0.464 e. The Balaban J connectivity index is 0.850. The van der Waals surface area contributed by atoms with E-state index in [1.165, 1.54) is 0 Å². The summed E-state index contributed by atoms with van der Waals surface area (Å²) in [6, 6.07) is 0. The lowest BCUT2D eigenvalue weighted by Crippen LogP contribution is -2.68. The van der Waals surface area contributed by atoms with Gasteiger partial charge in [0.15, 0.2) is 5.79 Å². The molecule has 1 heterocycles. The van der Waals surface area contributed by atoms with Crippen molar-refractivity contribution in [3.8, 4) is 0 Å². The number of rotatable bonds is 12. The molecule has 6 unspecified atom stereocenters. The Morgan fingerprint density at radius 1 is 0.643 bits per heavy atom. The second-order valence-corrected chi connectivity index (χ2v) is 22.6. The highest BCUT2D eigenvalue weighted by atomic mass is 32.2. The van der Waals surface area contributed by atoms with E-state index < -0.39 is 32.2 Å². The summed E-state index contributed by atoms with van der Waals surface area (Å²) in [5.41, 5.74) is -2.88. The summed E-state index contributed by atoms with van der Waals surface area (Å²) >= 11 is 0.875. The smallest absolute Gasteiger partial charge is 0.312 e. The first-order valence-corrected chi connectivity index (χ1v) is 22.0. The van der Waals surface area contributed by atoms with Crippen molar-refractivity contribution in [2.75, 3.05) is 33.0 Å². The molecule has 12 bridgehead atoms. The van der Waals surface area contributed by atoms with Gasteiger partial charge in [0, 0.05) is 47.6 Å². The molecule has 0 aromatic carbocycles. The van der Waals surface area contributed by atoms with Crippen molar-refractivity contribution < 1.29 is 62.3 Å². The highest BCUT2D eigenvalue weighted by Gasteiger charge is 2.69. The minimum absolute atomic E-state index is 0.0305. The fourth-order valence-electron chi connectivity index (χ4n) is 14.7. The van der Waals surface area contributed by atoms with Crippen molar-refractivity contribution >= 4 is 41.5 Å². The van der Waals surface area contributed by atoms with E-state index in [0.717, 1.165) is 69.8 Å². The molecule has 13 fully saturated rings. The summed E-state index contributed by atoms with van der Waals surface area (Å²) in [4.78, 5) is 67.9. The summed E-state index contributed by atoms with van der Waals surface area (Å²) in [5.74, 6) is -0.244. The lowest BCUT2D eigenvalue weighted by Gasteiger charge is -2.65. The van der Waals surface area contributed by atoms with Gasteiger partial charge in [-0.05, 0) is 128 Å². The van der Waals surface area contributed by atoms with Gasteiger partial charge in [0.1, 0.15) is 31.4 Å².